The molecule has 1 N–H and O–H groups in total. The number of amides is 1. The highest BCUT2D eigenvalue weighted by Crippen LogP contribution is 2.15. The maximum atomic E-state index is 12.5. The summed E-state index contributed by atoms with van der Waals surface area (Å²) in [6, 6.07) is 10.7. The van der Waals surface area contributed by atoms with Gasteiger partial charge in [0.25, 0.3) is 5.91 Å². The molecule has 1 saturated heterocycles. The maximum absolute atomic E-state index is 12.5. The third-order valence-corrected chi connectivity index (χ3v) is 5.64. The van der Waals surface area contributed by atoms with Gasteiger partial charge in [-0.2, -0.15) is 0 Å². The summed E-state index contributed by atoms with van der Waals surface area (Å²) in [5, 5.41) is 12.2. The van der Waals surface area contributed by atoms with Crippen LogP contribution in [0, 0.1) is 0 Å². The minimum atomic E-state index is -0.618. The highest BCUT2D eigenvalue weighted by Gasteiger charge is 2.22. The van der Waals surface area contributed by atoms with Crippen molar-refractivity contribution in [2.24, 2.45) is 0 Å². The van der Waals surface area contributed by atoms with Crippen LogP contribution < -0.4 is 4.74 Å². The van der Waals surface area contributed by atoms with Gasteiger partial charge in [-0.25, -0.2) is 0 Å². The summed E-state index contributed by atoms with van der Waals surface area (Å²) in [4.78, 5) is 28.6. The number of thiophene rings is 1. The van der Waals surface area contributed by atoms with Crippen molar-refractivity contribution in [1.82, 2.24) is 9.80 Å². The zero-order valence-electron chi connectivity index (χ0n) is 16.0. The minimum Gasteiger partial charge on any atom is -0.491 e. The molecule has 2 heterocycles. The summed E-state index contributed by atoms with van der Waals surface area (Å²) in [7, 11) is 0. The predicted molar refractivity (Wildman–Crippen MR) is 109 cm³/mol. The minimum absolute atomic E-state index is 0.0133. The van der Waals surface area contributed by atoms with Crippen molar-refractivity contribution < 1.29 is 19.4 Å². The molecule has 1 aliphatic rings. The van der Waals surface area contributed by atoms with Crippen molar-refractivity contribution in [3.8, 4) is 5.75 Å². The Hall–Kier alpha value is -2.22. The molecule has 150 valence electrons. The first-order valence-corrected chi connectivity index (χ1v) is 10.4. The number of benzene rings is 1. The van der Waals surface area contributed by atoms with Crippen LogP contribution in [0.3, 0.4) is 0 Å². The lowest BCUT2D eigenvalue weighted by molar-refractivity contribution is 0.0671. The van der Waals surface area contributed by atoms with Gasteiger partial charge in [0, 0.05) is 31.7 Å². The SMILES string of the molecule is CC(=O)c1ccc(OCC(O)CN2CCCN(C(=O)c3cccs3)CC2)cc1. The van der Waals surface area contributed by atoms with Gasteiger partial charge in [0.1, 0.15) is 18.5 Å². The first-order chi connectivity index (χ1) is 13.5. The molecule has 1 aromatic carbocycles. The van der Waals surface area contributed by atoms with E-state index in [1.165, 1.54) is 18.3 Å². The number of hydrogen-bond acceptors (Lipinski definition) is 6. The van der Waals surface area contributed by atoms with Crippen LogP contribution in [0.2, 0.25) is 0 Å². The molecule has 0 saturated carbocycles. The molecule has 2 aromatic rings. The largest absolute Gasteiger partial charge is 0.491 e. The quantitative estimate of drug-likeness (QED) is 0.721. The molecule has 1 amide bonds. The Kier molecular flexibility index (Phi) is 7.19. The summed E-state index contributed by atoms with van der Waals surface area (Å²) in [6.45, 7) is 5.20. The second kappa shape index (κ2) is 9.82. The third-order valence-electron chi connectivity index (χ3n) is 4.78. The molecule has 7 heteroatoms. The fourth-order valence-electron chi connectivity index (χ4n) is 3.24. The van der Waals surface area contributed by atoms with E-state index in [1.807, 2.05) is 22.4 Å². The Morgan fingerprint density at radius 2 is 1.93 bits per heavy atom. The van der Waals surface area contributed by atoms with Gasteiger partial charge in [-0.05, 0) is 55.6 Å². The van der Waals surface area contributed by atoms with Gasteiger partial charge in [0.2, 0.25) is 0 Å². The van der Waals surface area contributed by atoms with Crippen LogP contribution in [0.4, 0.5) is 0 Å². The number of ether oxygens (including phenoxy) is 1. The Labute approximate surface area is 169 Å². The molecule has 0 spiro atoms. The molecule has 0 bridgehead atoms. The maximum Gasteiger partial charge on any atom is 0.263 e. The number of rotatable bonds is 7. The Bertz CT molecular complexity index is 776. The lowest BCUT2D eigenvalue weighted by atomic mass is 10.1. The average Bonchev–Trinajstić information content (AvgIpc) is 3.13. The van der Waals surface area contributed by atoms with Crippen molar-refractivity contribution >= 4 is 23.0 Å². The molecule has 0 aliphatic carbocycles. The molecule has 0 radical (unpaired) electrons. The molecule has 1 fully saturated rings. The number of Topliss-reactive ketones (excluding diaryl/α,β-unsaturated/α-hetero) is 1. The Morgan fingerprint density at radius 3 is 2.61 bits per heavy atom. The second-order valence-electron chi connectivity index (χ2n) is 6.97. The van der Waals surface area contributed by atoms with Crippen molar-refractivity contribution in [2.45, 2.75) is 19.4 Å². The fourth-order valence-corrected chi connectivity index (χ4v) is 3.93. The molecule has 1 aromatic heterocycles. The number of hydrogen-bond donors (Lipinski definition) is 1. The monoisotopic (exact) mass is 402 g/mol. The first kappa shape index (κ1) is 20.5. The van der Waals surface area contributed by atoms with E-state index >= 15 is 0 Å². The molecule has 6 nitrogen and oxygen atoms in total. The number of carbonyl (C=O) groups is 2. The van der Waals surface area contributed by atoms with Crippen LogP contribution in [0.25, 0.3) is 0 Å². The van der Waals surface area contributed by atoms with Gasteiger partial charge in [-0.1, -0.05) is 6.07 Å². The van der Waals surface area contributed by atoms with E-state index in [-0.39, 0.29) is 18.3 Å². The van der Waals surface area contributed by atoms with E-state index in [1.54, 1.807) is 24.3 Å². The van der Waals surface area contributed by atoms with Gasteiger partial charge in [0.05, 0.1) is 4.88 Å². The first-order valence-electron chi connectivity index (χ1n) is 9.50. The van der Waals surface area contributed by atoms with Crippen molar-refractivity contribution in [1.29, 1.82) is 0 Å². The zero-order valence-corrected chi connectivity index (χ0v) is 16.9. The van der Waals surface area contributed by atoms with Crippen molar-refractivity contribution in [3.05, 3.63) is 52.2 Å². The Balaban J connectivity index is 1.43. The molecule has 1 aliphatic heterocycles. The van der Waals surface area contributed by atoms with E-state index in [9.17, 15) is 14.7 Å². The van der Waals surface area contributed by atoms with Crippen LogP contribution in [-0.2, 0) is 0 Å². The molecule has 3 rings (SSSR count). The summed E-state index contributed by atoms with van der Waals surface area (Å²) in [6.07, 6.45) is 0.268. The van der Waals surface area contributed by atoms with E-state index in [0.717, 1.165) is 30.9 Å². The van der Waals surface area contributed by atoms with Crippen LogP contribution in [0.5, 0.6) is 5.75 Å². The summed E-state index contributed by atoms with van der Waals surface area (Å²) < 4.78 is 5.63. The van der Waals surface area contributed by atoms with E-state index in [2.05, 4.69) is 4.90 Å². The third kappa shape index (κ3) is 5.64. The van der Waals surface area contributed by atoms with Crippen LogP contribution >= 0.6 is 11.3 Å². The predicted octanol–water partition coefficient (Wildman–Crippen LogP) is 2.54. The summed E-state index contributed by atoms with van der Waals surface area (Å²) >= 11 is 1.47. The number of carbonyl (C=O) groups excluding carboxylic acids is 2. The van der Waals surface area contributed by atoms with Crippen molar-refractivity contribution in [2.75, 3.05) is 39.3 Å². The highest BCUT2D eigenvalue weighted by molar-refractivity contribution is 7.12. The van der Waals surface area contributed by atoms with Gasteiger partial charge < -0.3 is 14.7 Å². The number of β-amino-alcohol motifs (C(OH)–C–C–N with tert-alkyl or cyclic N) is 1. The van der Waals surface area contributed by atoms with Crippen LogP contribution in [0.1, 0.15) is 33.4 Å². The molecule has 1 unspecified atom stereocenters. The normalized spacial score (nSPS) is 16.4. The lowest BCUT2D eigenvalue weighted by Crippen LogP contribution is -2.39. The molecule has 1 atom stereocenters. The topological polar surface area (TPSA) is 70.1 Å². The van der Waals surface area contributed by atoms with Gasteiger partial charge in [-0.15, -0.1) is 11.3 Å². The fraction of sp³-hybridized carbons (Fsp3) is 0.429. The smallest absolute Gasteiger partial charge is 0.263 e. The summed E-state index contributed by atoms with van der Waals surface area (Å²) in [5.41, 5.74) is 0.638. The van der Waals surface area contributed by atoms with Gasteiger partial charge in [0.15, 0.2) is 5.78 Å². The summed E-state index contributed by atoms with van der Waals surface area (Å²) in [5.74, 6) is 0.738. The van der Waals surface area contributed by atoms with Gasteiger partial charge in [-0.3, -0.25) is 14.5 Å². The number of aliphatic hydroxyl groups excluding tert-OH is 1. The van der Waals surface area contributed by atoms with E-state index in [4.69, 9.17) is 4.74 Å². The van der Waals surface area contributed by atoms with Crippen molar-refractivity contribution in [3.63, 3.8) is 0 Å². The van der Waals surface area contributed by atoms with E-state index in [0.29, 0.717) is 24.4 Å². The average molecular weight is 403 g/mol. The number of ketones is 1. The standard InChI is InChI=1S/C21H26N2O4S/c1-16(24)17-5-7-19(8-6-17)27-15-18(25)14-22-9-3-10-23(12-11-22)21(26)20-4-2-13-28-20/h2,4-8,13,18,25H,3,9-12,14-15H2,1H3. The number of aliphatic hydroxyl groups is 1. The van der Waals surface area contributed by atoms with Crippen LogP contribution in [0.15, 0.2) is 41.8 Å². The lowest BCUT2D eigenvalue weighted by Gasteiger charge is -2.24. The molecular formula is C21H26N2O4S. The highest BCUT2D eigenvalue weighted by atomic mass is 32.1. The second-order valence-corrected chi connectivity index (χ2v) is 7.92. The molecule has 28 heavy (non-hydrogen) atoms. The van der Waals surface area contributed by atoms with Crippen LogP contribution in [-0.4, -0.2) is 72.0 Å². The van der Waals surface area contributed by atoms with Gasteiger partial charge >= 0.3 is 0 Å². The van der Waals surface area contributed by atoms with E-state index < -0.39 is 6.10 Å². The number of nitrogens with zero attached hydrogens (tertiary/aromatic N) is 2. The molecular weight excluding hydrogens is 376 g/mol. The zero-order chi connectivity index (χ0) is 19.9. The Morgan fingerprint density at radius 1 is 1.14 bits per heavy atom.